The monoisotopic (exact) mass is 432 g/mol. The maximum absolute atomic E-state index is 12.6. The predicted molar refractivity (Wildman–Crippen MR) is 117 cm³/mol. The summed E-state index contributed by atoms with van der Waals surface area (Å²) in [4.78, 5) is 27.6. The van der Waals surface area contributed by atoms with Crippen LogP contribution < -0.4 is 0 Å². The number of carbonyl (C=O) groups is 2. The molecule has 2 aromatic carbocycles. The van der Waals surface area contributed by atoms with Crippen LogP contribution in [-0.2, 0) is 6.54 Å². The number of imide groups is 1. The Morgan fingerprint density at radius 3 is 2.20 bits per heavy atom. The summed E-state index contributed by atoms with van der Waals surface area (Å²) in [6.45, 7) is 0.603. The zero-order chi connectivity index (χ0) is 20.5. The van der Waals surface area contributed by atoms with E-state index < -0.39 is 0 Å². The Bertz CT molecular complexity index is 1180. The molecule has 0 saturated carbocycles. The van der Waals surface area contributed by atoms with Crippen molar-refractivity contribution in [2.24, 2.45) is 0 Å². The van der Waals surface area contributed by atoms with E-state index in [1.54, 1.807) is 35.6 Å². The number of nitrogens with zero attached hydrogens (tertiary/aromatic N) is 4. The highest BCUT2D eigenvalue weighted by Crippen LogP contribution is 2.30. The fourth-order valence-electron chi connectivity index (χ4n) is 3.37. The van der Waals surface area contributed by atoms with Crippen molar-refractivity contribution in [2.45, 2.75) is 11.7 Å². The van der Waals surface area contributed by atoms with Gasteiger partial charge < -0.3 is 0 Å². The molecule has 30 heavy (non-hydrogen) atoms. The third-order valence-corrected chi connectivity index (χ3v) is 6.66. The molecule has 148 valence electrons. The first kappa shape index (κ1) is 18.8. The largest absolute Gasteiger partial charge is 0.297 e. The van der Waals surface area contributed by atoms with Crippen LogP contribution in [0.2, 0.25) is 0 Å². The summed E-state index contributed by atoms with van der Waals surface area (Å²) in [5, 5.41) is 11.4. The Morgan fingerprint density at radius 2 is 1.53 bits per heavy atom. The molecular weight excluding hydrogens is 416 g/mol. The van der Waals surface area contributed by atoms with Crippen molar-refractivity contribution in [2.75, 3.05) is 5.88 Å². The predicted octanol–water partition coefficient (Wildman–Crippen LogP) is 4.40. The fraction of sp³-hybridized carbons (Fsp3) is 0.0909. The minimum atomic E-state index is -0.268. The molecule has 1 aliphatic rings. The van der Waals surface area contributed by atoms with Crippen LogP contribution in [0.25, 0.3) is 10.7 Å². The lowest BCUT2D eigenvalue weighted by Gasteiger charge is -2.14. The van der Waals surface area contributed by atoms with Gasteiger partial charge in [0.15, 0.2) is 11.0 Å². The molecule has 4 aromatic rings. The van der Waals surface area contributed by atoms with Gasteiger partial charge in [-0.3, -0.25) is 19.1 Å². The third-order valence-electron chi connectivity index (χ3n) is 4.84. The zero-order valence-electron chi connectivity index (χ0n) is 15.8. The smallest absolute Gasteiger partial charge is 0.262 e. The van der Waals surface area contributed by atoms with Crippen LogP contribution in [0.4, 0.5) is 0 Å². The van der Waals surface area contributed by atoms with Gasteiger partial charge in [0.25, 0.3) is 11.8 Å². The topological polar surface area (TPSA) is 68.1 Å². The van der Waals surface area contributed by atoms with E-state index in [-0.39, 0.29) is 17.7 Å². The number of aromatic nitrogens is 3. The van der Waals surface area contributed by atoms with Gasteiger partial charge in [-0.05, 0) is 29.1 Å². The minimum Gasteiger partial charge on any atom is -0.297 e. The van der Waals surface area contributed by atoms with Gasteiger partial charge in [0.2, 0.25) is 0 Å². The Morgan fingerprint density at radius 1 is 0.833 bits per heavy atom. The Kier molecular flexibility index (Phi) is 4.94. The van der Waals surface area contributed by atoms with Crippen LogP contribution in [0, 0.1) is 0 Å². The molecule has 0 N–H and O–H groups in total. The van der Waals surface area contributed by atoms with Gasteiger partial charge in [0.05, 0.1) is 28.4 Å². The Hall–Kier alpha value is -3.23. The maximum atomic E-state index is 12.6. The second-order valence-electron chi connectivity index (χ2n) is 6.71. The van der Waals surface area contributed by atoms with E-state index in [0.29, 0.717) is 22.8 Å². The number of amides is 2. The van der Waals surface area contributed by atoms with E-state index in [9.17, 15) is 9.59 Å². The molecule has 0 unspecified atom stereocenters. The van der Waals surface area contributed by atoms with Crippen molar-refractivity contribution in [1.29, 1.82) is 0 Å². The number of hydrogen-bond donors (Lipinski definition) is 0. The lowest BCUT2D eigenvalue weighted by atomic mass is 10.1. The molecule has 8 heteroatoms. The SMILES string of the molecule is O=C1c2ccccc2C(=O)N1CSc1nnc(-c2cccs2)n1Cc1ccccc1. The van der Waals surface area contributed by atoms with E-state index in [4.69, 9.17) is 0 Å². The molecule has 6 nitrogen and oxygen atoms in total. The van der Waals surface area contributed by atoms with Gasteiger partial charge in [-0.2, -0.15) is 0 Å². The van der Waals surface area contributed by atoms with E-state index in [1.807, 2.05) is 40.3 Å². The van der Waals surface area contributed by atoms with Crippen molar-refractivity contribution in [3.63, 3.8) is 0 Å². The third kappa shape index (κ3) is 3.34. The molecule has 1 aliphatic heterocycles. The van der Waals surface area contributed by atoms with Crippen molar-refractivity contribution in [3.05, 3.63) is 88.8 Å². The van der Waals surface area contributed by atoms with Crippen LogP contribution in [0.3, 0.4) is 0 Å². The average molecular weight is 433 g/mol. The maximum Gasteiger partial charge on any atom is 0.262 e. The lowest BCUT2D eigenvalue weighted by Crippen LogP contribution is -2.29. The number of thiophene rings is 1. The summed E-state index contributed by atoms with van der Waals surface area (Å²) in [7, 11) is 0. The molecule has 2 aromatic heterocycles. The quantitative estimate of drug-likeness (QED) is 0.334. The van der Waals surface area contributed by atoms with Crippen LogP contribution in [0.5, 0.6) is 0 Å². The molecule has 0 bridgehead atoms. The van der Waals surface area contributed by atoms with E-state index in [1.165, 1.54) is 16.7 Å². The molecule has 0 saturated heterocycles. The number of benzene rings is 2. The van der Waals surface area contributed by atoms with Crippen LogP contribution in [-0.4, -0.2) is 37.4 Å². The normalized spacial score (nSPS) is 13.1. The van der Waals surface area contributed by atoms with Gasteiger partial charge >= 0.3 is 0 Å². The van der Waals surface area contributed by atoms with Crippen molar-refractivity contribution >= 4 is 34.9 Å². The van der Waals surface area contributed by atoms with Crippen LogP contribution in [0.15, 0.2) is 77.3 Å². The molecule has 0 aliphatic carbocycles. The van der Waals surface area contributed by atoms with Gasteiger partial charge in [0, 0.05) is 0 Å². The molecule has 0 fully saturated rings. The van der Waals surface area contributed by atoms with Gasteiger partial charge in [-0.15, -0.1) is 21.5 Å². The second kappa shape index (κ2) is 7.89. The number of thioether (sulfide) groups is 1. The summed E-state index contributed by atoms with van der Waals surface area (Å²) in [5.74, 6) is 0.425. The Labute approximate surface area is 181 Å². The first-order valence-corrected chi connectivity index (χ1v) is 11.2. The Balaban J connectivity index is 1.42. The molecule has 3 heterocycles. The molecule has 0 atom stereocenters. The highest BCUT2D eigenvalue weighted by molar-refractivity contribution is 7.99. The van der Waals surface area contributed by atoms with Crippen molar-refractivity contribution in [3.8, 4) is 10.7 Å². The molecular formula is C22H16N4O2S2. The van der Waals surface area contributed by atoms with Gasteiger partial charge in [-0.1, -0.05) is 60.3 Å². The summed E-state index contributed by atoms with van der Waals surface area (Å²) >= 11 is 2.94. The van der Waals surface area contributed by atoms with Crippen LogP contribution >= 0.6 is 23.1 Å². The van der Waals surface area contributed by atoms with Crippen molar-refractivity contribution < 1.29 is 9.59 Å². The molecule has 5 rings (SSSR count). The molecule has 0 radical (unpaired) electrons. The highest BCUT2D eigenvalue weighted by Gasteiger charge is 2.35. The highest BCUT2D eigenvalue weighted by atomic mass is 32.2. The summed E-state index contributed by atoms with van der Waals surface area (Å²) in [5.41, 5.74) is 2.03. The zero-order valence-corrected chi connectivity index (χ0v) is 17.4. The standard InChI is InChI=1S/C22H16N4O2S2/c27-20-16-9-4-5-10-17(16)21(28)26(20)14-30-22-24-23-19(18-11-6-12-29-18)25(22)13-15-7-2-1-3-8-15/h1-12H,13-14H2. The minimum absolute atomic E-state index is 0.184. The van der Waals surface area contributed by atoms with Gasteiger partial charge in [-0.25, -0.2) is 0 Å². The number of rotatable bonds is 6. The summed E-state index contributed by atoms with van der Waals surface area (Å²) < 4.78 is 2.03. The molecule has 2 amide bonds. The first-order valence-electron chi connectivity index (χ1n) is 9.31. The second-order valence-corrected chi connectivity index (χ2v) is 8.57. The molecule has 0 spiro atoms. The lowest BCUT2D eigenvalue weighted by molar-refractivity contribution is 0.0684. The summed E-state index contributed by atoms with van der Waals surface area (Å²) in [6, 6.07) is 21.0. The van der Waals surface area contributed by atoms with Crippen molar-refractivity contribution in [1.82, 2.24) is 19.7 Å². The number of hydrogen-bond acceptors (Lipinski definition) is 6. The number of carbonyl (C=O) groups excluding carboxylic acids is 2. The average Bonchev–Trinajstić information content (AvgIpc) is 3.49. The summed E-state index contributed by atoms with van der Waals surface area (Å²) in [6.07, 6.45) is 0. The first-order chi connectivity index (χ1) is 14.7. The fourth-order valence-corrected chi connectivity index (χ4v) is 4.97. The number of fused-ring (bicyclic) bond motifs is 1. The van der Waals surface area contributed by atoms with Crippen LogP contribution in [0.1, 0.15) is 26.3 Å². The van der Waals surface area contributed by atoms with E-state index in [0.717, 1.165) is 16.3 Å². The van der Waals surface area contributed by atoms with E-state index >= 15 is 0 Å². The van der Waals surface area contributed by atoms with E-state index in [2.05, 4.69) is 22.3 Å². The van der Waals surface area contributed by atoms with Gasteiger partial charge in [0.1, 0.15) is 0 Å².